The minimum absolute atomic E-state index is 0.514. The van der Waals surface area contributed by atoms with Crippen LogP contribution in [0.25, 0.3) is 5.65 Å². The highest BCUT2D eigenvalue weighted by atomic mass is 35.5. The van der Waals surface area contributed by atoms with Crippen LogP contribution in [0.1, 0.15) is 0 Å². The third-order valence-corrected chi connectivity index (χ3v) is 2.48. The van der Waals surface area contributed by atoms with Crippen molar-refractivity contribution in [3.63, 3.8) is 0 Å². The molecule has 3 aromatic rings. The molecule has 3 heterocycles. The van der Waals surface area contributed by atoms with Crippen molar-refractivity contribution in [3.05, 3.63) is 35.7 Å². The lowest BCUT2D eigenvalue weighted by Gasteiger charge is -1.93. The molecule has 0 atom stereocenters. The lowest BCUT2D eigenvalue weighted by molar-refractivity contribution is 0.768. The number of rotatable bonds is 2. The fraction of sp³-hybridized carbons (Fsp3) is 0.100. The van der Waals surface area contributed by atoms with E-state index in [1.54, 1.807) is 27.7 Å². The van der Waals surface area contributed by atoms with Gasteiger partial charge >= 0.3 is 0 Å². The lowest BCUT2D eigenvalue weighted by atomic mass is 10.5. The summed E-state index contributed by atoms with van der Waals surface area (Å²) >= 11 is 5.87. The van der Waals surface area contributed by atoms with Gasteiger partial charge in [-0.2, -0.15) is 10.1 Å². The molecule has 6 nitrogen and oxygen atoms in total. The van der Waals surface area contributed by atoms with Gasteiger partial charge in [-0.15, -0.1) is 5.10 Å². The van der Waals surface area contributed by atoms with E-state index < -0.39 is 0 Å². The Morgan fingerprint density at radius 3 is 2.94 bits per heavy atom. The summed E-state index contributed by atoms with van der Waals surface area (Å²) in [6.45, 7) is 0. The van der Waals surface area contributed by atoms with E-state index in [2.05, 4.69) is 20.5 Å². The number of hydrogen-bond donors (Lipinski definition) is 1. The lowest BCUT2D eigenvalue weighted by Crippen LogP contribution is -1.92. The zero-order valence-electron chi connectivity index (χ0n) is 9.00. The fourth-order valence-corrected chi connectivity index (χ4v) is 1.68. The van der Waals surface area contributed by atoms with E-state index in [1.807, 2.05) is 19.3 Å². The average molecular weight is 249 g/mol. The molecule has 0 saturated carbocycles. The van der Waals surface area contributed by atoms with Gasteiger partial charge in [0.25, 0.3) is 0 Å². The minimum atomic E-state index is 0.514. The maximum Gasteiger partial charge on any atom is 0.247 e. The van der Waals surface area contributed by atoms with Crippen LogP contribution in [-0.2, 0) is 7.05 Å². The van der Waals surface area contributed by atoms with Gasteiger partial charge in [0.15, 0.2) is 5.65 Å². The first-order chi connectivity index (χ1) is 8.20. The highest BCUT2D eigenvalue weighted by Crippen LogP contribution is 2.14. The van der Waals surface area contributed by atoms with E-state index in [0.717, 1.165) is 11.3 Å². The van der Waals surface area contributed by atoms with Gasteiger partial charge in [-0.3, -0.25) is 4.68 Å². The summed E-state index contributed by atoms with van der Waals surface area (Å²) in [5.74, 6) is 0.514. The van der Waals surface area contributed by atoms with Gasteiger partial charge in [-0.1, -0.05) is 11.6 Å². The van der Waals surface area contributed by atoms with Crippen LogP contribution in [-0.4, -0.2) is 24.4 Å². The SMILES string of the molecule is Cn1cc(Nc2nc3ccc(Cl)cn3n2)cn1. The summed E-state index contributed by atoms with van der Waals surface area (Å²) in [6, 6.07) is 3.59. The van der Waals surface area contributed by atoms with E-state index in [4.69, 9.17) is 11.6 Å². The molecule has 0 aliphatic heterocycles. The van der Waals surface area contributed by atoms with Crippen LogP contribution in [0.15, 0.2) is 30.7 Å². The molecule has 0 aromatic carbocycles. The predicted molar refractivity (Wildman–Crippen MR) is 64.5 cm³/mol. The zero-order chi connectivity index (χ0) is 11.8. The van der Waals surface area contributed by atoms with E-state index in [1.165, 1.54) is 0 Å². The van der Waals surface area contributed by atoms with Crippen molar-refractivity contribution in [1.82, 2.24) is 24.4 Å². The minimum Gasteiger partial charge on any atom is -0.320 e. The first-order valence-electron chi connectivity index (χ1n) is 4.98. The van der Waals surface area contributed by atoms with Gasteiger partial charge in [0, 0.05) is 19.4 Å². The normalized spacial score (nSPS) is 10.9. The molecule has 3 rings (SSSR count). The molecule has 3 aromatic heterocycles. The van der Waals surface area contributed by atoms with E-state index in [9.17, 15) is 0 Å². The van der Waals surface area contributed by atoms with Gasteiger partial charge in [0.2, 0.25) is 5.95 Å². The molecule has 0 aliphatic rings. The third kappa shape index (κ3) is 1.94. The van der Waals surface area contributed by atoms with Crippen LogP contribution in [0.2, 0.25) is 5.02 Å². The molecular formula is C10H9ClN6. The molecule has 17 heavy (non-hydrogen) atoms. The van der Waals surface area contributed by atoms with Crippen molar-refractivity contribution >= 4 is 28.9 Å². The number of nitrogens with one attached hydrogen (secondary N) is 1. The van der Waals surface area contributed by atoms with Gasteiger partial charge in [-0.05, 0) is 12.1 Å². The smallest absolute Gasteiger partial charge is 0.247 e. The molecule has 1 N–H and O–H groups in total. The number of nitrogens with zero attached hydrogens (tertiary/aromatic N) is 5. The van der Waals surface area contributed by atoms with Gasteiger partial charge in [0.05, 0.1) is 16.9 Å². The second kappa shape index (κ2) is 3.74. The quantitative estimate of drug-likeness (QED) is 0.752. The molecule has 0 unspecified atom stereocenters. The highest BCUT2D eigenvalue weighted by molar-refractivity contribution is 6.30. The number of halogens is 1. The van der Waals surface area contributed by atoms with Crippen LogP contribution < -0.4 is 5.32 Å². The third-order valence-electron chi connectivity index (χ3n) is 2.26. The summed E-state index contributed by atoms with van der Waals surface area (Å²) in [7, 11) is 1.85. The maximum atomic E-state index is 5.87. The fourth-order valence-electron chi connectivity index (χ4n) is 1.53. The second-order valence-corrected chi connectivity index (χ2v) is 4.05. The van der Waals surface area contributed by atoms with Gasteiger partial charge in [0.1, 0.15) is 0 Å². The number of hydrogen-bond acceptors (Lipinski definition) is 4. The number of aryl methyl sites for hydroxylation is 1. The molecule has 0 radical (unpaired) electrons. The molecule has 0 bridgehead atoms. The monoisotopic (exact) mass is 248 g/mol. The van der Waals surface area contributed by atoms with Crippen LogP contribution in [0.3, 0.4) is 0 Å². The van der Waals surface area contributed by atoms with Crippen molar-refractivity contribution in [1.29, 1.82) is 0 Å². The van der Waals surface area contributed by atoms with Crippen LogP contribution >= 0.6 is 11.6 Å². The number of anilines is 2. The van der Waals surface area contributed by atoms with Crippen LogP contribution in [0.4, 0.5) is 11.6 Å². The summed E-state index contributed by atoms with van der Waals surface area (Å²) in [5, 5.41) is 12.0. The van der Waals surface area contributed by atoms with Crippen molar-refractivity contribution in [2.24, 2.45) is 7.05 Å². The first-order valence-corrected chi connectivity index (χ1v) is 5.36. The van der Waals surface area contributed by atoms with E-state index >= 15 is 0 Å². The number of fused-ring (bicyclic) bond motifs is 1. The Morgan fingerprint density at radius 1 is 1.29 bits per heavy atom. The average Bonchev–Trinajstić information content (AvgIpc) is 2.84. The molecule has 0 fully saturated rings. The predicted octanol–water partition coefficient (Wildman–Crippen LogP) is 1.86. The van der Waals surface area contributed by atoms with Crippen molar-refractivity contribution < 1.29 is 0 Å². The maximum absolute atomic E-state index is 5.87. The Bertz CT molecular complexity index is 670. The summed E-state index contributed by atoms with van der Waals surface area (Å²) in [6.07, 6.45) is 5.26. The molecule has 0 amide bonds. The molecular weight excluding hydrogens is 240 g/mol. The number of pyridine rings is 1. The molecule has 86 valence electrons. The van der Waals surface area contributed by atoms with Gasteiger partial charge < -0.3 is 5.32 Å². The van der Waals surface area contributed by atoms with Crippen molar-refractivity contribution in [3.8, 4) is 0 Å². The number of aromatic nitrogens is 5. The molecule has 0 aliphatic carbocycles. The first kappa shape index (κ1) is 10.1. The summed E-state index contributed by atoms with van der Waals surface area (Å²) < 4.78 is 3.33. The largest absolute Gasteiger partial charge is 0.320 e. The van der Waals surface area contributed by atoms with Crippen LogP contribution in [0, 0.1) is 0 Å². The second-order valence-electron chi connectivity index (χ2n) is 3.61. The Balaban J connectivity index is 1.95. The Kier molecular flexibility index (Phi) is 2.22. The van der Waals surface area contributed by atoms with E-state index in [0.29, 0.717) is 11.0 Å². The summed E-state index contributed by atoms with van der Waals surface area (Å²) in [4.78, 5) is 4.30. The van der Waals surface area contributed by atoms with Crippen molar-refractivity contribution in [2.75, 3.05) is 5.32 Å². The van der Waals surface area contributed by atoms with Crippen molar-refractivity contribution in [2.45, 2.75) is 0 Å². The highest BCUT2D eigenvalue weighted by Gasteiger charge is 2.04. The Hall–Kier alpha value is -2.08. The zero-order valence-corrected chi connectivity index (χ0v) is 9.76. The van der Waals surface area contributed by atoms with E-state index in [-0.39, 0.29) is 0 Å². The molecule has 7 heteroatoms. The summed E-state index contributed by atoms with van der Waals surface area (Å²) in [5.41, 5.74) is 1.58. The standard InChI is InChI=1S/C10H9ClN6/c1-16-6-8(4-12-16)13-10-14-9-3-2-7(11)5-17(9)15-10/h2-6H,1H3,(H,13,15). The topological polar surface area (TPSA) is 60.0 Å². The Labute approximate surface area is 102 Å². The Morgan fingerprint density at radius 2 is 2.18 bits per heavy atom. The molecule has 0 saturated heterocycles. The molecule has 0 spiro atoms. The van der Waals surface area contributed by atoms with Crippen LogP contribution in [0.5, 0.6) is 0 Å². The van der Waals surface area contributed by atoms with Gasteiger partial charge in [-0.25, -0.2) is 4.52 Å².